The summed E-state index contributed by atoms with van der Waals surface area (Å²) in [5.74, 6) is 1.50. The Kier molecular flexibility index (Phi) is 4.25. The smallest absolute Gasteiger partial charge is 0.341 e. The van der Waals surface area contributed by atoms with E-state index >= 15 is 0 Å². The Morgan fingerprint density at radius 3 is 1.21 bits per heavy atom. The lowest BCUT2D eigenvalue weighted by Crippen LogP contribution is -1.99. The average Bonchev–Trinajstić information content (AvgIpc) is 2.26. The molecule has 0 aliphatic heterocycles. The predicted molar refractivity (Wildman–Crippen MR) is 52.0 cm³/mol. The largest absolute Gasteiger partial charge is 0.538 e. The van der Waals surface area contributed by atoms with Crippen LogP contribution in [0.15, 0.2) is 12.1 Å². The van der Waals surface area contributed by atoms with Gasteiger partial charge in [0.25, 0.3) is 0 Å². The highest BCUT2D eigenvalue weighted by molar-refractivity contribution is 6.05. The van der Waals surface area contributed by atoms with Crippen molar-refractivity contribution < 1.29 is 17.7 Å². The van der Waals surface area contributed by atoms with Crippen molar-refractivity contribution in [1.82, 2.24) is 0 Å². The highest BCUT2D eigenvalue weighted by Crippen LogP contribution is 2.43. The lowest BCUT2D eigenvalue weighted by atomic mass is 10.3. The summed E-state index contributed by atoms with van der Waals surface area (Å²) in [7, 11) is 11.5. The molecule has 1 aromatic rings. The maximum atomic E-state index is 4.89. The van der Waals surface area contributed by atoms with Crippen molar-refractivity contribution in [2.45, 2.75) is 0 Å². The fraction of sp³-hybridized carbons (Fsp3) is 0. The van der Waals surface area contributed by atoms with Crippen LogP contribution in [0, 0.1) is 0 Å². The maximum absolute atomic E-state index is 4.89. The molecular weight excluding hydrogens is 248 g/mol. The minimum atomic E-state index is 0.322. The second kappa shape index (κ2) is 5.24. The Hall–Kier alpha value is -0.712. The zero-order valence-corrected chi connectivity index (χ0v) is 10.8. The van der Waals surface area contributed by atoms with Crippen LogP contribution in [-0.4, -0.2) is 41.9 Å². The van der Waals surface area contributed by atoms with Gasteiger partial charge >= 0.3 is 41.9 Å². The molecule has 4 nitrogen and oxygen atoms in total. The Morgan fingerprint density at radius 1 is 0.643 bits per heavy atom. The Balaban J connectivity index is 3.28. The highest BCUT2D eigenvalue weighted by Gasteiger charge is 2.14. The van der Waals surface area contributed by atoms with E-state index in [0.717, 1.165) is 0 Å². The number of benzene rings is 1. The number of hydrogen-bond acceptors (Lipinski definition) is 4. The molecular formula is C6H2O4Si4. The summed E-state index contributed by atoms with van der Waals surface area (Å²) >= 11 is 0. The van der Waals surface area contributed by atoms with E-state index in [1.807, 2.05) is 0 Å². The fourth-order valence-electron chi connectivity index (χ4n) is 0.881. The van der Waals surface area contributed by atoms with Gasteiger partial charge in [0, 0.05) is 0 Å². The standard InChI is InChI=1S/C6H2O4Si4/c11-7-3-1-2-4(8-12)6(10-14)5(3)9-13/h1-2H. The van der Waals surface area contributed by atoms with E-state index in [1.165, 1.54) is 0 Å². The first-order valence-electron chi connectivity index (χ1n) is 3.29. The Bertz CT molecular complexity index is 288. The van der Waals surface area contributed by atoms with Gasteiger partial charge in [0.2, 0.25) is 0 Å². The monoisotopic (exact) mass is 250 g/mol. The van der Waals surface area contributed by atoms with Gasteiger partial charge in [-0.2, -0.15) is 0 Å². The summed E-state index contributed by atoms with van der Waals surface area (Å²) in [6, 6.07) is 3.26. The predicted octanol–water partition coefficient (Wildman–Crippen LogP) is -0.464. The van der Waals surface area contributed by atoms with Crippen LogP contribution in [0.4, 0.5) is 0 Å². The van der Waals surface area contributed by atoms with Crippen LogP contribution in [0.2, 0.25) is 0 Å². The van der Waals surface area contributed by atoms with Crippen LogP contribution in [-0.2, 0) is 0 Å². The van der Waals surface area contributed by atoms with Gasteiger partial charge in [-0.25, -0.2) is 0 Å². The van der Waals surface area contributed by atoms with E-state index in [4.69, 9.17) is 17.7 Å². The molecule has 0 bridgehead atoms. The van der Waals surface area contributed by atoms with Crippen molar-refractivity contribution >= 4 is 41.9 Å². The molecule has 0 saturated heterocycles. The van der Waals surface area contributed by atoms with Gasteiger partial charge in [-0.15, -0.1) is 0 Å². The maximum Gasteiger partial charge on any atom is 0.341 e. The SMILES string of the molecule is [Si]Oc1ccc(O[Si])c(O[Si])c1O[Si]. The molecule has 0 spiro atoms. The van der Waals surface area contributed by atoms with Crippen LogP contribution in [0.5, 0.6) is 23.0 Å². The normalized spacial score (nSPS) is 9.43. The van der Waals surface area contributed by atoms with Crippen molar-refractivity contribution in [3.63, 3.8) is 0 Å². The Morgan fingerprint density at radius 2 is 1.00 bits per heavy atom. The van der Waals surface area contributed by atoms with Crippen LogP contribution in [0.3, 0.4) is 0 Å². The molecule has 14 heavy (non-hydrogen) atoms. The molecule has 0 aliphatic carbocycles. The molecule has 0 aromatic heterocycles. The van der Waals surface area contributed by atoms with Crippen molar-refractivity contribution in [2.24, 2.45) is 0 Å². The fourth-order valence-corrected chi connectivity index (χ4v) is 1.59. The summed E-state index contributed by atoms with van der Waals surface area (Å²) in [6.07, 6.45) is 0. The molecule has 12 radical (unpaired) electrons. The Labute approximate surface area is 95.1 Å². The topological polar surface area (TPSA) is 36.9 Å². The van der Waals surface area contributed by atoms with Gasteiger partial charge in [-0.1, -0.05) is 0 Å². The molecule has 0 fully saturated rings. The molecule has 0 N–H and O–H groups in total. The molecule has 0 saturated carbocycles. The third-order valence-corrected chi connectivity index (χ3v) is 2.31. The molecule has 0 atom stereocenters. The lowest BCUT2D eigenvalue weighted by Gasteiger charge is -2.15. The first-order valence-corrected chi connectivity index (χ1v) is 4.93. The zero-order valence-electron chi connectivity index (χ0n) is 6.79. The van der Waals surface area contributed by atoms with Crippen molar-refractivity contribution in [1.29, 1.82) is 0 Å². The minimum Gasteiger partial charge on any atom is -0.538 e. The van der Waals surface area contributed by atoms with Gasteiger partial charge in [0.15, 0.2) is 11.5 Å². The molecule has 0 unspecified atom stereocenters. The molecule has 1 rings (SSSR count). The van der Waals surface area contributed by atoms with E-state index in [2.05, 4.69) is 41.9 Å². The van der Waals surface area contributed by atoms with Gasteiger partial charge < -0.3 is 17.7 Å². The van der Waals surface area contributed by atoms with Gasteiger partial charge in [-0.05, 0) is 12.1 Å². The van der Waals surface area contributed by atoms with Crippen LogP contribution in [0.25, 0.3) is 0 Å². The molecule has 0 heterocycles. The van der Waals surface area contributed by atoms with E-state index < -0.39 is 0 Å². The first-order chi connectivity index (χ1) is 6.78. The number of rotatable bonds is 4. The quantitative estimate of drug-likeness (QED) is 0.678. The third kappa shape index (κ3) is 2.03. The third-order valence-electron chi connectivity index (χ3n) is 1.46. The van der Waals surface area contributed by atoms with E-state index in [-0.39, 0.29) is 0 Å². The van der Waals surface area contributed by atoms with Crippen LogP contribution < -0.4 is 17.7 Å². The minimum absolute atomic E-state index is 0.322. The second-order valence-electron chi connectivity index (χ2n) is 2.13. The second-order valence-corrected chi connectivity index (χ2v) is 2.94. The van der Waals surface area contributed by atoms with E-state index in [1.54, 1.807) is 12.1 Å². The van der Waals surface area contributed by atoms with Gasteiger partial charge in [0.1, 0.15) is 11.5 Å². The summed E-state index contributed by atoms with van der Waals surface area (Å²) in [6.45, 7) is 0. The molecule has 0 amide bonds. The molecule has 1 aromatic carbocycles. The zero-order chi connectivity index (χ0) is 10.6. The number of hydrogen-bond donors (Lipinski definition) is 0. The van der Waals surface area contributed by atoms with E-state index in [0.29, 0.717) is 23.0 Å². The molecule has 66 valence electrons. The molecule has 0 aliphatic rings. The van der Waals surface area contributed by atoms with Crippen LogP contribution >= 0.6 is 0 Å². The average molecular weight is 250 g/mol. The van der Waals surface area contributed by atoms with Gasteiger partial charge in [-0.3, -0.25) is 0 Å². The van der Waals surface area contributed by atoms with E-state index in [9.17, 15) is 0 Å². The lowest BCUT2D eigenvalue weighted by molar-refractivity contribution is 0.480. The summed E-state index contributed by atoms with van der Waals surface area (Å²) in [4.78, 5) is 0. The van der Waals surface area contributed by atoms with Crippen molar-refractivity contribution in [3.8, 4) is 23.0 Å². The van der Waals surface area contributed by atoms with Crippen LogP contribution in [0.1, 0.15) is 0 Å². The van der Waals surface area contributed by atoms with Gasteiger partial charge in [0.05, 0.1) is 0 Å². The molecule has 8 heteroatoms. The first kappa shape index (κ1) is 11.4. The van der Waals surface area contributed by atoms with Crippen molar-refractivity contribution in [2.75, 3.05) is 0 Å². The highest BCUT2D eigenvalue weighted by atomic mass is 28.2. The summed E-state index contributed by atoms with van der Waals surface area (Å²) in [5.41, 5.74) is 0. The summed E-state index contributed by atoms with van der Waals surface area (Å²) < 4.78 is 19.5. The summed E-state index contributed by atoms with van der Waals surface area (Å²) in [5, 5.41) is 0. The van der Waals surface area contributed by atoms with Crippen molar-refractivity contribution in [3.05, 3.63) is 12.1 Å².